The third-order valence-electron chi connectivity index (χ3n) is 4.91. The second-order valence-electron chi connectivity index (χ2n) is 6.36. The molecule has 3 heterocycles. The first kappa shape index (κ1) is 16.4. The first-order valence-corrected chi connectivity index (χ1v) is 8.61. The Bertz CT molecular complexity index is 904. The summed E-state index contributed by atoms with van der Waals surface area (Å²) in [5.74, 6) is 2.35. The SMILES string of the molecule is COc1cc2nc(N3CCC(n4ccnc4)CC3)nc(N)c2cc1OC. The van der Waals surface area contributed by atoms with Crippen molar-refractivity contribution in [3.8, 4) is 11.5 Å². The predicted molar refractivity (Wildman–Crippen MR) is 99.8 cm³/mol. The van der Waals surface area contributed by atoms with Gasteiger partial charge in [-0.25, -0.2) is 9.97 Å². The first-order chi connectivity index (χ1) is 12.7. The van der Waals surface area contributed by atoms with Crippen molar-refractivity contribution in [1.82, 2.24) is 19.5 Å². The molecular formula is C18H22N6O2. The first-order valence-electron chi connectivity index (χ1n) is 8.61. The van der Waals surface area contributed by atoms with Crippen molar-refractivity contribution in [2.75, 3.05) is 37.9 Å². The quantitative estimate of drug-likeness (QED) is 0.768. The van der Waals surface area contributed by atoms with Gasteiger partial charge in [0.25, 0.3) is 0 Å². The molecule has 1 saturated heterocycles. The monoisotopic (exact) mass is 354 g/mol. The summed E-state index contributed by atoms with van der Waals surface area (Å²) in [7, 11) is 3.20. The number of hydrogen-bond donors (Lipinski definition) is 1. The minimum Gasteiger partial charge on any atom is -0.493 e. The molecule has 0 amide bonds. The average Bonchev–Trinajstić information content (AvgIpc) is 3.22. The Morgan fingerprint density at radius 3 is 2.46 bits per heavy atom. The number of hydrogen-bond acceptors (Lipinski definition) is 7. The van der Waals surface area contributed by atoms with E-state index in [2.05, 4.69) is 19.4 Å². The number of fused-ring (bicyclic) bond motifs is 1. The highest BCUT2D eigenvalue weighted by Crippen LogP contribution is 2.34. The van der Waals surface area contributed by atoms with Crippen LogP contribution in [0, 0.1) is 0 Å². The molecule has 2 N–H and O–H groups in total. The summed E-state index contributed by atoms with van der Waals surface area (Å²) in [6, 6.07) is 4.13. The van der Waals surface area contributed by atoms with Crippen LogP contribution in [0.3, 0.4) is 0 Å². The number of aromatic nitrogens is 4. The standard InChI is InChI=1S/C18H22N6O2/c1-25-15-9-13-14(10-16(15)26-2)21-18(22-17(13)19)23-6-3-12(4-7-23)24-8-5-20-11-24/h5,8-12H,3-4,6-7H2,1-2H3,(H2,19,21,22). The maximum absolute atomic E-state index is 6.20. The van der Waals surface area contributed by atoms with Gasteiger partial charge in [0.15, 0.2) is 11.5 Å². The lowest BCUT2D eigenvalue weighted by molar-refractivity contribution is 0.356. The Kier molecular flexibility index (Phi) is 4.24. The van der Waals surface area contributed by atoms with Gasteiger partial charge in [0.05, 0.1) is 26.1 Å². The second-order valence-corrected chi connectivity index (χ2v) is 6.36. The number of ether oxygens (including phenoxy) is 2. The van der Waals surface area contributed by atoms with Crippen LogP contribution >= 0.6 is 0 Å². The summed E-state index contributed by atoms with van der Waals surface area (Å²) in [6.07, 6.45) is 7.75. The molecule has 0 aliphatic carbocycles. The van der Waals surface area contributed by atoms with Crippen molar-refractivity contribution < 1.29 is 9.47 Å². The average molecular weight is 354 g/mol. The largest absolute Gasteiger partial charge is 0.493 e. The molecule has 0 atom stereocenters. The fourth-order valence-electron chi connectivity index (χ4n) is 3.46. The Hall–Kier alpha value is -3.03. The lowest BCUT2D eigenvalue weighted by Gasteiger charge is -2.32. The predicted octanol–water partition coefficient (Wildman–Crippen LogP) is 2.27. The van der Waals surface area contributed by atoms with Gasteiger partial charge in [0.2, 0.25) is 5.95 Å². The van der Waals surface area contributed by atoms with Crippen LogP contribution in [0.5, 0.6) is 11.5 Å². The topological polar surface area (TPSA) is 91.3 Å². The van der Waals surface area contributed by atoms with Gasteiger partial charge in [-0.1, -0.05) is 0 Å². The van der Waals surface area contributed by atoms with Crippen LogP contribution in [0.25, 0.3) is 10.9 Å². The molecule has 1 aliphatic rings. The number of piperidine rings is 1. The summed E-state index contributed by atoms with van der Waals surface area (Å²) in [6.45, 7) is 1.75. The van der Waals surface area contributed by atoms with Gasteiger partial charge < -0.3 is 24.7 Å². The Morgan fingerprint density at radius 1 is 1.08 bits per heavy atom. The maximum Gasteiger partial charge on any atom is 0.227 e. The number of nitrogens with two attached hydrogens (primary N) is 1. The van der Waals surface area contributed by atoms with Gasteiger partial charge in [0, 0.05) is 43.0 Å². The number of rotatable bonds is 4. The van der Waals surface area contributed by atoms with Gasteiger partial charge >= 0.3 is 0 Å². The molecule has 8 nitrogen and oxygen atoms in total. The van der Waals surface area contributed by atoms with Gasteiger partial charge in [-0.3, -0.25) is 0 Å². The van der Waals surface area contributed by atoms with Gasteiger partial charge in [-0.2, -0.15) is 4.98 Å². The van der Waals surface area contributed by atoms with Crippen molar-refractivity contribution >= 4 is 22.7 Å². The van der Waals surface area contributed by atoms with Crippen LogP contribution in [0.2, 0.25) is 0 Å². The van der Waals surface area contributed by atoms with E-state index >= 15 is 0 Å². The van der Waals surface area contributed by atoms with Gasteiger partial charge in [-0.15, -0.1) is 0 Å². The maximum atomic E-state index is 6.20. The molecule has 0 bridgehead atoms. The Morgan fingerprint density at radius 2 is 1.81 bits per heavy atom. The van der Waals surface area contributed by atoms with Crippen molar-refractivity contribution in [3.63, 3.8) is 0 Å². The number of benzene rings is 1. The minimum atomic E-state index is 0.447. The molecule has 3 aromatic rings. The van der Waals surface area contributed by atoms with Crippen LogP contribution in [0.4, 0.5) is 11.8 Å². The van der Waals surface area contributed by atoms with E-state index < -0.39 is 0 Å². The Balaban J connectivity index is 1.61. The van der Waals surface area contributed by atoms with E-state index in [4.69, 9.17) is 20.2 Å². The van der Waals surface area contributed by atoms with E-state index in [1.165, 1.54) is 0 Å². The third-order valence-corrected chi connectivity index (χ3v) is 4.91. The van der Waals surface area contributed by atoms with E-state index in [1.807, 2.05) is 30.9 Å². The van der Waals surface area contributed by atoms with Gasteiger partial charge in [0.1, 0.15) is 5.82 Å². The molecule has 1 aromatic carbocycles. The summed E-state index contributed by atoms with van der Waals surface area (Å²) >= 11 is 0. The van der Waals surface area contributed by atoms with Crippen molar-refractivity contribution in [2.24, 2.45) is 0 Å². The zero-order valence-electron chi connectivity index (χ0n) is 14.9. The highest BCUT2D eigenvalue weighted by atomic mass is 16.5. The molecule has 8 heteroatoms. The second kappa shape index (κ2) is 6.70. The lowest BCUT2D eigenvalue weighted by atomic mass is 10.1. The Labute approximate surface area is 151 Å². The van der Waals surface area contributed by atoms with Crippen LogP contribution in [-0.2, 0) is 0 Å². The third kappa shape index (κ3) is 2.87. The molecule has 0 saturated carbocycles. The van der Waals surface area contributed by atoms with E-state index in [0.29, 0.717) is 29.3 Å². The minimum absolute atomic E-state index is 0.447. The fourth-order valence-corrected chi connectivity index (χ4v) is 3.46. The van der Waals surface area contributed by atoms with Crippen LogP contribution < -0.4 is 20.1 Å². The van der Waals surface area contributed by atoms with Gasteiger partial charge in [-0.05, 0) is 18.9 Å². The summed E-state index contributed by atoms with van der Waals surface area (Å²) in [5.41, 5.74) is 6.95. The molecule has 26 heavy (non-hydrogen) atoms. The van der Waals surface area contributed by atoms with Crippen molar-refractivity contribution in [2.45, 2.75) is 18.9 Å². The number of nitrogens with zero attached hydrogens (tertiary/aromatic N) is 5. The van der Waals surface area contributed by atoms with Crippen molar-refractivity contribution in [3.05, 3.63) is 30.9 Å². The number of imidazole rings is 1. The molecule has 0 spiro atoms. The molecule has 1 fully saturated rings. The van der Waals surface area contributed by atoms with E-state index in [0.717, 1.165) is 36.8 Å². The summed E-state index contributed by atoms with van der Waals surface area (Å²) in [4.78, 5) is 15.5. The van der Waals surface area contributed by atoms with Crippen LogP contribution in [-0.4, -0.2) is 46.8 Å². The van der Waals surface area contributed by atoms with Crippen LogP contribution in [0.15, 0.2) is 30.9 Å². The van der Waals surface area contributed by atoms with Crippen LogP contribution in [0.1, 0.15) is 18.9 Å². The van der Waals surface area contributed by atoms with E-state index in [9.17, 15) is 0 Å². The van der Waals surface area contributed by atoms with Crippen molar-refractivity contribution in [1.29, 1.82) is 0 Å². The number of nitrogen functional groups attached to an aromatic ring is 1. The molecule has 4 rings (SSSR count). The number of anilines is 2. The number of methoxy groups -OCH3 is 2. The fraction of sp³-hybridized carbons (Fsp3) is 0.389. The smallest absolute Gasteiger partial charge is 0.227 e. The van der Waals surface area contributed by atoms with E-state index in [1.54, 1.807) is 14.2 Å². The molecular weight excluding hydrogens is 332 g/mol. The molecule has 2 aromatic heterocycles. The molecule has 1 aliphatic heterocycles. The normalized spacial score (nSPS) is 15.4. The zero-order chi connectivity index (χ0) is 18.1. The highest BCUT2D eigenvalue weighted by Gasteiger charge is 2.23. The molecule has 0 unspecified atom stereocenters. The van der Waals surface area contributed by atoms with E-state index in [-0.39, 0.29) is 0 Å². The summed E-state index contributed by atoms with van der Waals surface area (Å²) < 4.78 is 12.9. The highest BCUT2D eigenvalue weighted by molar-refractivity contribution is 5.91. The molecule has 136 valence electrons. The summed E-state index contributed by atoms with van der Waals surface area (Å²) in [5, 5.41) is 0.764. The molecule has 0 radical (unpaired) electrons. The zero-order valence-corrected chi connectivity index (χ0v) is 14.9. The lowest BCUT2D eigenvalue weighted by Crippen LogP contribution is -2.35.